The van der Waals surface area contributed by atoms with E-state index >= 15 is 0 Å². The third-order valence-corrected chi connectivity index (χ3v) is 5.32. The fourth-order valence-electron chi connectivity index (χ4n) is 2.53. The van der Waals surface area contributed by atoms with Crippen LogP contribution in [-0.2, 0) is 20.5 Å². The largest absolute Gasteiger partial charge is 0.466 e. The Bertz CT molecular complexity index is 665. The van der Waals surface area contributed by atoms with E-state index in [1.165, 1.54) is 0 Å². The summed E-state index contributed by atoms with van der Waals surface area (Å²) in [6, 6.07) is 0.798. The molecule has 1 saturated heterocycles. The Hall–Kier alpha value is -1.48. The van der Waals surface area contributed by atoms with Crippen molar-refractivity contribution in [3.05, 3.63) is 22.8 Å². The number of pyridine rings is 1. The first kappa shape index (κ1) is 20.8. The summed E-state index contributed by atoms with van der Waals surface area (Å²) in [7, 11) is 0. The van der Waals surface area contributed by atoms with Gasteiger partial charge in [-0.2, -0.15) is 13.2 Å². The number of carbonyl (C=O) groups excluding carboxylic acids is 2. The second-order valence-electron chi connectivity index (χ2n) is 5.70. The third kappa shape index (κ3) is 5.51. The van der Waals surface area contributed by atoms with E-state index in [1.807, 2.05) is 0 Å². The fourth-order valence-corrected chi connectivity index (χ4v) is 3.63. The predicted octanol–water partition coefficient (Wildman–Crippen LogP) is 3.65. The lowest BCUT2D eigenvalue weighted by Gasteiger charge is -2.30. The van der Waals surface area contributed by atoms with Crippen LogP contribution in [0, 0.1) is 5.92 Å². The Kier molecular flexibility index (Phi) is 7.16. The first-order chi connectivity index (χ1) is 12.2. The number of esters is 1. The Labute approximate surface area is 158 Å². The van der Waals surface area contributed by atoms with E-state index in [1.54, 1.807) is 11.8 Å². The zero-order valence-electron chi connectivity index (χ0n) is 14.0. The molecule has 144 valence electrons. The van der Waals surface area contributed by atoms with Crippen LogP contribution in [0.1, 0.15) is 25.3 Å². The van der Waals surface area contributed by atoms with Crippen molar-refractivity contribution in [1.82, 2.24) is 9.88 Å². The van der Waals surface area contributed by atoms with Gasteiger partial charge in [0.15, 0.2) is 0 Å². The van der Waals surface area contributed by atoms with E-state index in [0.717, 1.165) is 17.8 Å². The number of ether oxygens (including phenoxy) is 1. The van der Waals surface area contributed by atoms with Crippen LogP contribution < -0.4 is 0 Å². The molecular formula is C16H18ClF3N2O3S. The highest BCUT2D eigenvalue weighted by Gasteiger charge is 2.32. The molecule has 1 aromatic rings. The average molecular weight is 411 g/mol. The van der Waals surface area contributed by atoms with E-state index in [9.17, 15) is 22.8 Å². The number of amides is 1. The van der Waals surface area contributed by atoms with Gasteiger partial charge in [0.1, 0.15) is 5.03 Å². The lowest BCUT2D eigenvalue weighted by molar-refractivity contribution is -0.151. The number of carbonyl (C=O) groups is 2. The zero-order valence-corrected chi connectivity index (χ0v) is 15.6. The van der Waals surface area contributed by atoms with E-state index in [4.69, 9.17) is 16.3 Å². The van der Waals surface area contributed by atoms with Gasteiger partial charge in [0.25, 0.3) is 0 Å². The molecule has 0 unspecified atom stereocenters. The van der Waals surface area contributed by atoms with E-state index < -0.39 is 11.7 Å². The summed E-state index contributed by atoms with van der Waals surface area (Å²) >= 11 is 6.82. The molecule has 0 radical (unpaired) electrons. The van der Waals surface area contributed by atoms with Gasteiger partial charge in [-0.05, 0) is 25.8 Å². The van der Waals surface area contributed by atoms with Gasteiger partial charge in [-0.3, -0.25) is 9.59 Å². The maximum atomic E-state index is 12.6. The number of likely N-dealkylation sites (tertiary alicyclic amines) is 1. The van der Waals surface area contributed by atoms with Crippen molar-refractivity contribution in [3.63, 3.8) is 0 Å². The summed E-state index contributed by atoms with van der Waals surface area (Å²) in [6.07, 6.45) is -2.74. The third-order valence-electron chi connectivity index (χ3n) is 3.93. The number of piperidine rings is 1. The quantitative estimate of drug-likeness (QED) is 0.548. The molecule has 1 fully saturated rings. The van der Waals surface area contributed by atoms with Gasteiger partial charge >= 0.3 is 12.1 Å². The van der Waals surface area contributed by atoms with E-state index in [2.05, 4.69) is 4.98 Å². The highest BCUT2D eigenvalue weighted by Crippen LogP contribution is 2.33. The molecule has 10 heteroatoms. The van der Waals surface area contributed by atoms with Crippen LogP contribution in [-0.4, -0.2) is 47.2 Å². The van der Waals surface area contributed by atoms with Crippen LogP contribution in [0.3, 0.4) is 0 Å². The molecule has 1 amide bonds. The maximum absolute atomic E-state index is 12.6. The zero-order chi connectivity index (χ0) is 19.3. The molecule has 5 nitrogen and oxygen atoms in total. The van der Waals surface area contributed by atoms with Crippen molar-refractivity contribution < 1.29 is 27.5 Å². The Morgan fingerprint density at radius 1 is 1.38 bits per heavy atom. The summed E-state index contributed by atoms with van der Waals surface area (Å²) in [5.74, 6) is -0.593. The van der Waals surface area contributed by atoms with Gasteiger partial charge in [0.05, 0.1) is 28.9 Å². The molecule has 1 aliphatic heterocycles. The second kappa shape index (κ2) is 8.94. The van der Waals surface area contributed by atoms with Crippen LogP contribution in [0.5, 0.6) is 0 Å². The summed E-state index contributed by atoms with van der Waals surface area (Å²) < 4.78 is 42.8. The molecule has 0 N–H and O–H groups in total. The Balaban J connectivity index is 1.85. The topological polar surface area (TPSA) is 59.5 Å². The highest BCUT2D eigenvalue weighted by atomic mass is 35.5. The van der Waals surface area contributed by atoms with Crippen LogP contribution in [0.4, 0.5) is 13.2 Å². The van der Waals surface area contributed by atoms with Crippen LogP contribution in [0.25, 0.3) is 0 Å². The average Bonchev–Trinajstić information content (AvgIpc) is 2.60. The lowest BCUT2D eigenvalue weighted by atomic mass is 9.97. The lowest BCUT2D eigenvalue weighted by Crippen LogP contribution is -2.41. The maximum Gasteiger partial charge on any atom is 0.417 e. The van der Waals surface area contributed by atoms with Gasteiger partial charge in [-0.1, -0.05) is 23.4 Å². The summed E-state index contributed by atoms with van der Waals surface area (Å²) in [5, 5.41) is 0.0353. The minimum Gasteiger partial charge on any atom is -0.466 e. The van der Waals surface area contributed by atoms with Crippen molar-refractivity contribution in [2.45, 2.75) is 31.0 Å². The molecule has 26 heavy (non-hydrogen) atoms. The first-order valence-electron chi connectivity index (χ1n) is 8.02. The van der Waals surface area contributed by atoms with Gasteiger partial charge < -0.3 is 9.64 Å². The van der Waals surface area contributed by atoms with Crippen molar-refractivity contribution in [3.8, 4) is 0 Å². The van der Waals surface area contributed by atoms with Gasteiger partial charge in [-0.25, -0.2) is 4.98 Å². The van der Waals surface area contributed by atoms with Crippen LogP contribution >= 0.6 is 23.4 Å². The number of alkyl halides is 3. The molecule has 2 heterocycles. The second-order valence-corrected chi connectivity index (χ2v) is 7.08. The van der Waals surface area contributed by atoms with Crippen LogP contribution in [0.15, 0.2) is 17.3 Å². The molecule has 0 aromatic carbocycles. The van der Waals surface area contributed by atoms with Gasteiger partial charge in [0, 0.05) is 19.3 Å². The SMILES string of the molecule is CCOC(=O)C1CCN(C(=O)CSc2ncc(C(F)(F)F)cc2Cl)CC1. The number of hydrogen-bond donors (Lipinski definition) is 0. The molecule has 1 aromatic heterocycles. The number of thioether (sulfide) groups is 1. The van der Waals surface area contributed by atoms with E-state index in [0.29, 0.717) is 38.7 Å². The smallest absolute Gasteiger partial charge is 0.417 e. The first-order valence-corrected chi connectivity index (χ1v) is 9.38. The highest BCUT2D eigenvalue weighted by molar-refractivity contribution is 8.00. The number of aromatic nitrogens is 1. The van der Waals surface area contributed by atoms with Crippen molar-refractivity contribution in [1.29, 1.82) is 0 Å². The molecule has 0 aliphatic carbocycles. The van der Waals surface area contributed by atoms with Crippen molar-refractivity contribution in [2.75, 3.05) is 25.4 Å². The Morgan fingerprint density at radius 3 is 2.58 bits per heavy atom. The summed E-state index contributed by atoms with van der Waals surface area (Å²) in [6.45, 7) is 2.96. The number of hydrogen-bond acceptors (Lipinski definition) is 5. The Morgan fingerprint density at radius 2 is 2.04 bits per heavy atom. The molecule has 1 aliphatic rings. The summed E-state index contributed by atoms with van der Waals surface area (Å²) in [5.41, 5.74) is -0.931. The molecule has 0 atom stereocenters. The number of halogens is 4. The number of nitrogens with zero attached hydrogens (tertiary/aromatic N) is 2. The van der Waals surface area contributed by atoms with Crippen LogP contribution in [0.2, 0.25) is 5.02 Å². The van der Waals surface area contributed by atoms with E-state index in [-0.39, 0.29) is 33.6 Å². The van der Waals surface area contributed by atoms with Crippen molar-refractivity contribution >= 4 is 35.2 Å². The molecule has 0 spiro atoms. The van der Waals surface area contributed by atoms with Gasteiger partial charge in [0.2, 0.25) is 5.91 Å². The molecule has 2 rings (SSSR count). The molecule has 0 bridgehead atoms. The molecular weight excluding hydrogens is 393 g/mol. The summed E-state index contributed by atoms with van der Waals surface area (Å²) in [4.78, 5) is 29.3. The standard InChI is InChI=1S/C16H18ClF3N2O3S/c1-2-25-15(24)10-3-5-22(6-4-10)13(23)9-26-14-12(17)7-11(8-21-14)16(18,19)20/h7-8,10H,2-6,9H2,1H3. The van der Waals surface area contributed by atoms with Gasteiger partial charge in [-0.15, -0.1) is 0 Å². The minimum absolute atomic E-state index is 0.0160. The predicted molar refractivity (Wildman–Crippen MR) is 90.9 cm³/mol. The monoisotopic (exact) mass is 410 g/mol. The minimum atomic E-state index is -4.51. The normalized spacial score (nSPS) is 15.8. The van der Waals surface area contributed by atoms with Crippen molar-refractivity contribution in [2.24, 2.45) is 5.92 Å². The fraction of sp³-hybridized carbons (Fsp3) is 0.562. The number of rotatable bonds is 5. The molecule has 0 saturated carbocycles.